The van der Waals surface area contributed by atoms with E-state index >= 15 is 0 Å². The third-order valence-corrected chi connectivity index (χ3v) is 6.29. The van der Waals surface area contributed by atoms with Gasteiger partial charge in [-0.25, -0.2) is 0 Å². The van der Waals surface area contributed by atoms with Gasteiger partial charge in [-0.2, -0.15) is 23.5 Å². The van der Waals surface area contributed by atoms with Gasteiger partial charge in [0.15, 0.2) is 0 Å². The molecule has 1 heterocycles. The minimum Gasteiger partial charge on any atom is -0.387 e. The molecule has 0 bridgehead atoms. The van der Waals surface area contributed by atoms with Crippen LogP contribution in [0.5, 0.6) is 0 Å². The Morgan fingerprint density at radius 3 is 2.94 bits per heavy atom. The molecule has 2 N–H and O–H groups in total. The van der Waals surface area contributed by atoms with Crippen molar-refractivity contribution in [3.63, 3.8) is 0 Å². The van der Waals surface area contributed by atoms with E-state index in [0.29, 0.717) is 11.3 Å². The summed E-state index contributed by atoms with van der Waals surface area (Å²) >= 11 is 3.96. The maximum atomic E-state index is 10.4. The summed E-state index contributed by atoms with van der Waals surface area (Å²) in [5, 5.41) is 14.5. The molecule has 94 valence electrons. The fourth-order valence-corrected chi connectivity index (χ4v) is 4.76. The molecule has 16 heavy (non-hydrogen) atoms. The van der Waals surface area contributed by atoms with Crippen molar-refractivity contribution in [2.75, 3.05) is 23.8 Å². The van der Waals surface area contributed by atoms with Crippen molar-refractivity contribution in [2.45, 2.75) is 49.5 Å². The van der Waals surface area contributed by atoms with E-state index in [-0.39, 0.29) is 0 Å². The predicted octanol–water partition coefficient (Wildman–Crippen LogP) is 2.12. The van der Waals surface area contributed by atoms with Crippen LogP contribution in [-0.4, -0.2) is 45.8 Å². The number of hydrogen-bond donors (Lipinski definition) is 2. The van der Waals surface area contributed by atoms with Crippen molar-refractivity contribution in [3.05, 3.63) is 0 Å². The van der Waals surface area contributed by atoms with Gasteiger partial charge in [0, 0.05) is 23.6 Å². The zero-order valence-electron chi connectivity index (χ0n) is 10.1. The molecule has 0 amide bonds. The van der Waals surface area contributed by atoms with Crippen LogP contribution in [0, 0.1) is 0 Å². The standard InChI is InChI=1S/C12H23NOS2/c1-2-16-11-5-6-12(11,14)9-13-10-4-3-7-15-8-10/h10-11,13-14H,2-9H2,1H3. The highest BCUT2D eigenvalue weighted by Crippen LogP contribution is 2.40. The number of aliphatic hydroxyl groups is 1. The van der Waals surface area contributed by atoms with Crippen molar-refractivity contribution in [2.24, 2.45) is 0 Å². The van der Waals surface area contributed by atoms with Gasteiger partial charge >= 0.3 is 0 Å². The summed E-state index contributed by atoms with van der Waals surface area (Å²) in [4.78, 5) is 0. The minimum atomic E-state index is -0.414. The third-order valence-electron chi connectivity index (χ3n) is 3.66. The van der Waals surface area contributed by atoms with Crippen LogP contribution in [0.1, 0.15) is 32.6 Å². The van der Waals surface area contributed by atoms with Crippen molar-refractivity contribution in [1.29, 1.82) is 0 Å². The third kappa shape index (κ3) is 3.09. The molecule has 2 fully saturated rings. The second-order valence-electron chi connectivity index (χ2n) is 4.88. The Balaban J connectivity index is 1.71. The molecule has 2 nitrogen and oxygen atoms in total. The molecule has 4 heteroatoms. The molecule has 2 rings (SSSR count). The number of rotatable bonds is 5. The Morgan fingerprint density at radius 1 is 1.50 bits per heavy atom. The molecule has 2 aliphatic rings. The number of nitrogens with one attached hydrogen (secondary N) is 1. The second kappa shape index (κ2) is 5.98. The van der Waals surface area contributed by atoms with Gasteiger partial charge in [-0.1, -0.05) is 6.92 Å². The first kappa shape index (κ1) is 13.1. The molecule has 0 spiro atoms. The molecule has 1 aliphatic carbocycles. The topological polar surface area (TPSA) is 32.3 Å². The fraction of sp³-hybridized carbons (Fsp3) is 1.00. The van der Waals surface area contributed by atoms with Gasteiger partial charge in [-0.3, -0.25) is 0 Å². The molecule has 1 aliphatic heterocycles. The summed E-state index contributed by atoms with van der Waals surface area (Å²) in [6, 6.07) is 0.635. The van der Waals surface area contributed by atoms with Gasteiger partial charge < -0.3 is 10.4 Å². The Hall–Kier alpha value is 0.620. The highest BCUT2D eigenvalue weighted by atomic mass is 32.2. The van der Waals surface area contributed by atoms with Crippen LogP contribution >= 0.6 is 23.5 Å². The quantitative estimate of drug-likeness (QED) is 0.794. The lowest BCUT2D eigenvalue weighted by molar-refractivity contribution is -0.0250. The van der Waals surface area contributed by atoms with Gasteiger partial charge in [0.1, 0.15) is 0 Å². The first-order valence-electron chi connectivity index (χ1n) is 6.40. The molecular formula is C12H23NOS2. The van der Waals surface area contributed by atoms with Crippen LogP contribution in [-0.2, 0) is 0 Å². The van der Waals surface area contributed by atoms with Crippen LogP contribution < -0.4 is 5.32 Å². The average molecular weight is 261 g/mol. The Kier molecular flexibility index (Phi) is 4.89. The zero-order valence-corrected chi connectivity index (χ0v) is 11.7. The monoisotopic (exact) mass is 261 g/mol. The lowest BCUT2D eigenvalue weighted by Gasteiger charge is -2.46. The van der Waals surface area contributed by atoms with Crippen LogP contribution in [0.4, 0.5) is 0 Å². The molecule has 1 saturated carbocycles. The first-order chi connectivity index (χ1) is 7.74. The van der Waals surface area contributed by atoms with Crippen LogP contribution in [0.15, 0.2) is 0 Å². The van der Waals surface area contributed by atoms with E-state index in [2.05, 4.69) is 12.2 Å². The smallest absolute Gasteiger partial charge is 0.0889 e. The van der Waals surface area contributed by atoms with Crippen LogP contribution in [0.25, 0.3) is 0 Å². The summed E-state index contributed by atoms with van der Waals surface area (Å²) < 4.78 is 0. The maximum absolute atomic E-state index is 10.4. The van der Waals surface area contributed by atoms with E-state index in [4.69, 9.17) is 0 Å². The maximum Gasteiger partial charge on any atom is 0.0889 e. The number of thioether (sulfide) groups is 2. The van der Waals surface area contributed by atoms with Gasteiger partial charge in [0.05, 0.1) is 5.60 Å². The van der Waals surface area contributed by atoms with Gasteiger partial charge in [-0.15, -0.1) is 0 Å². The normalized spacial score (nSPS) is 39.4. The molecule has 0 radical (unpaired) electrons. The van der Waals surface area contributed by atoms with Gasteiger partial charge in [0.2, 0.25) is 0 Å². The predicted molar refractivity (Wildman–Crippen MR) is 74.5 cm³/mol. The van der Waals surface area contributed by atoms with E-state index in [1.54, 1.807) is 0 Å². The molecule has 0 aromatic rings. The molecular weight excluding hydrogens is 238 g/mol. The van der Waals surface area contributed by atoms with Crippen molar-refractivity contribution in [3.8, 4) is 0 Å². The largest absolute Gasteiger partial charge is 0.387 e. The highest BCUT2D eigenvalue weighted by Gasteiger charge is 2.45. The van der Waals surface area contributed by atoms with Gasteiger partial charge in [-0.05, 0) is 37.2 Å². The van der Waals surface area contributed by atoms with E-state index in [9.17, 15) is 5.11 Å². The second-order valence-corrected chi connectivity index (χ2v) is 7.51. The van der Waals surface area contributed by atoms with Crippen LogP contribution in [0.3, 0.4) is 0 Å². The molecule has 0 aromatic carbocycles. The van der Waals surface area contributed by atoms with E-state index in [1.165, 1.54) is 30.8 Å². The molecule has 3 atom stereocenters. The van der Waals surface area contributed by atoms with Crippen LogP contribution in [0.2, 0.25) is 0 Å². The Morgan fingerprint density at radius 2 is 2.38 bits per heavy atom. The lowest BCUT2D eigenvalue weighted by Crippen LogP contribution is -2.58. The molecule has 0 aromatic heterocycles. The summed E-state index contributed by atoms with van der Waals surface area (Å²) in [5.41, 5.74) is -0.414. The summed E-state index contributed by atoms with van der Waals surface area (Å²) in [6.07, 6.45) is 4.79. The Labute approximate surface area is 107 Å². The minimum absolute atomic E-state index is 0.414. The zero-order chi connectivity index (χ0) is 11.4. The average Bonchev–Trinajstić information content (AvgIpc) is 2.33. The summed E-state index contributed by atoms with van der Waals surface area (Å²) in [5.74, 6) is 3.66. The first-order valence-corrected chi connectivity index (χ1v) is 8.60. The van der Waals surface area contributed by atoms with E-state index in [0.717, 1.165) is 18.7 Å². The summed E-state index contributed by atoms with van der Waals surface area (Å²) in [6.45, 7) is 2.98. The fourth-order valence-electron chi connectivity index (χ4n) is 2.46. The molecule has 3 unspecified atom stereocenters. The van der Waals surface area contributed by atoms with Crippen molar-refractivity contribution >= 4 is 23.5 Å². The van der Waals surface area contributed by atoms with Crippen molar-refractivity contribution in [1.82, 2.24) is 5.32 Å². The number of hydrogen-bond acceptors (Lipinski definition) is 4. The highest BCUT2D eigenvalue weighted by molar-refractivity contribution is 8.00. The SMILES string of the molecule is CCSC1CCC1(O)CNC1CCCSC1. The Bertz CT molecular complexity index is 221. The summed E-state index contributed by atoms with van der Waals surface area (Å²) in [7, 11) is 0. The molecule has 1 saturated heterocycles. The van der Waals surface area contributed by atoms with E-state index < -0.39 is 5.60 Å². The lowest BCUT2D eigenvalue weighted by atomic mass is 9.79. The van der Waals surface area contributed by atoms with Crippen molar-refractivity contribution < 1.29 is 5.11 Å². The van der Waals surface area contributed by atoms with E-state index in [1.807, 2.05) is 23.5 Å². The van der Waals surface area contributed by atoms with Gasteiger partial charge in [0.25, 0.3) is 0 Å².